The summed E-state index contributed by atoms with van der Waals surface area (Å²) in [7, 11) is -4.18. The maximum Gasteiger partial charge on any atom is 0.341 e. The predicted molar refractivity (Wildman–Crippen MR) is 120 cm³/mol. The molecular weight excluding hydrogens is 450 g/mol. The lowest BCUT2D eigenvalue weighted by Gasteiger charge is -2.32. The number of aryl methyl sites for hydroxylation is 1. The normalized spacial score (nSPS) is 14.5. The van der Waals surface area contributed by atoms with Crippen LogP contribution in [0.3, 0.4) is 0 Å². The van der Waals surface area contributed by atoms with Crippen molar-refractivity contribution in [3.05, 3.63) is 48.0 Å². The molecule has 2 aromatic rings. The molecule has 0 atom stereocenters. The SMILES string of the molecule is Cc1cc(OCC2CCN(C(=N)N)CC2)cc(OS(=O)(=O)c2cccc(OCC(=O)O)c2)c1. The number of carbonyl (C=O) groups is 1. The molecule has 0 spiro atoms. The molecular formula is C22H27N3O7S. The fourth-order valence-corrected chi connectivity index (χ4v) is 4.39. The van der Waals surface area contributed by atoms with Crippen LogP contribution in [-0.2, 0) is 14.9 Å². The highest BCUT2D eigenvalue weighted by Crippen LogP contribution is 2.28. The molecule has 1 saturated heterocycles. The van der Waals surface area contributed by atoms with Crippen LogP contribution in [0.1, 0.15) is 18.4 Å². The first-order valence-corrected chi connectivity index (χ1v) is 11.8. The molecule has 0 aliphatic carbocycles. The summed E-state index contributed by atoms with van der Waals surface area (Å²) in [4.78, 5) is 12.3. The van der Waals surface area contributed by atoms with E-state index in [0.29, 0.717) is 31.4 Å². The third-order valence-electron chi connectivity index (χ3n) is 5.13. The van der Waals surface area contributed by atoms with Crippen molar-refractivity contribution < 1.29 is 32.0 Å². The van der Waals surface area contributed by atoms with Gasteiger partial charge in [-0.05, 0) is 55.5 Å². The molecule has 1 aliphatic rings. The molecule has 0 aromatic heterocycles. The Balaban J connectivity index is 1.65. The Morgan fingerprint density at radius 1 is 1.12 bits per heavy atom. The summed E-state index contributed by atoms with van der Waals surface area (Å²) in [5.74, 6) is -0.0823. The zero-order valence-corrected chi connectivity index (χ0v) is 19.0. The van der Waals surface area contributed by atoms with Crippen molar-refractivity contribution in [2.24, 2.45) is 11.7 Å². The van der Waals surface area contributed by atoms with Crippen molar-refractivity contribution in [2.45, 2.75) is 24.7 Å². The van der Waals surface area contributed by atoms with E-state index in [1.54, 1.807) is 19.1 Å². The summed E-state index contributed by atoms with van der Waals surface area (Å²) >= 11 is 0. The second-order valence-electron chi connectivity index (χ2n) is 7.80. The number of hydrogen-bond acceptors (Lipinski definition) is 7. The van der Waals surface area contributed by atoms with Gasteiger partial charge in [-0.3, -0.25) is 5.41 Å². The summed E-state index contributed by atoms with van der Waals surface area (Å²) in [6.07, 6.45) is 1.70. The van der Waals surface area contributed by atoms with Gasteiger partial charge in [-0.25, -0.2) is 4.79 Å². The second kappa shape index (κ2) is 10.4. The molecule has 10 nitrogen and oxygen atoms in total. The minimum Gasteiger partial charge on any atom is -0.493 e. The van der Waals surface area contributed by atoms with E-state index in [0.717, 1.165) is 18.4 Å². The van der Waals surface area contributed by atoms with Gasteiger partial charge in [0, 0.05) is 25.2 Å². The van der Waals surface area contributed by atoms with Crippen molar-refractivity contribution in [1.29, 1.82) is 5.41 Å². The number of benzene rings is 2. The highest BCUT2D eigenvalue weighted by atomic mass is 32.2. The average molecular weight is 478 g/mol. The highest BCUT2D eigenvalue weighted by Gasteiger charge is 2.21. The van der Waals surface area contributed by atoms with E-state index in [2.05, 4.69) is 0 Å². The first-order valence-electron chi connectivity index (χ1n) is 10.3. The largest absolute Gasteiger partial charge is 0.493 e. The van der Waals surface area contributed by atoms with E-state index in [9.17, 15) is 13.2 Å². The first-order chi connectivity index (χ1) is 15.6. The number of guanidine groups is 1. The lowest BCUT2D eigenvalue weighted by atomic mass is 9.98. The third-order valence-corrected chi connectivity index (χ3v) is 6.37. The van der Waals surface area contributed by atoms with E-state index >= 15 is 0 Å². The summed E-state index contributed by atoms with van der Waals surface area (Å²) in [6.45, 7) is 3.09. The van der Waals surface area contributed by atoms with Crippen LogP contribution >= 0.6 is 0 Å². The standard InChI is InChI=1S/C22H27N3O7S/c1-15-9-18(30-13-16-5-7-25(8-6-16)22(23)24)11-19(10-15)32-33(28,29)20-4-2-3-17(12-20)31-14-21(26)27/h2-4,9-12,16H,5-8,13-14H2,1H3,(H3,23,24)(H,26,27). The number of carboxylic acids is 1. The minimum absolute atomic E-state index is 0.0787. The maximum atomic E-state index is 12.7. The zero-order chi connectivity index (χ0) is 24.0. The van der Waals surface area contributed by atoms with E-state index in [1.807, 2.05) is 4.90 Å². The molecule has 33 heavy (non-hydrogen) atoms. The van der Waals surface area contributed by atoms with Gasteiger partial charge in [-0.2, -0.15) is 8.42 Å². The summed E-state index contributed by atoms with van der Waals surface area (Å²) in [5, 5.41) is 16.2. The summed E-state index contributed by atoms with van der Waals surface area (Å²) < 4.78 is 41.7. The molecule has 178 valence electrons. The number of likely N-dealkylation sites (tertiary alicyclic amines) is 1. The van der Waals surface area contributed by atoms with Gasteiger partial charge in [0.2, 0.25) is 0 Å². The van der Waals surface area contributed by atoms with Crippen LogP contribution in [0.2, 0.25) is 0 Å². The van der Waals surface area contributed by atoms with Crippen LogP contribution in [0.25, 0.3) is 0 Å². The lowest BCUT2D eigenvalue weighted by molar-refractivity contribution is -0.139. The van der Waals surface area contributed by atoms with Gasteiger partial charge < -0.3 is 29.4 Å². The van der Waals surface area contributed by atoms with Crippen LogP contribution in [0.5, 0.6) is 17.2 Å². The fraction of sp³-hybridized carbons (Fsp3) is 0.364. The van der Waals surface area contributed by atoms with Gasteiger partial charge in [-0.1, -0.05) is 6.07 Å². The number of ether oxygens (including phenoxy) is 2. The maximum absolute atomic E-state index is 12.7. The number of nitrogens with two attached hydrogens (primary N) is 1. The van der Waals surface area contributed by atoms with Gasteiger partial charge in [0.1, 0.15) is 22.1 Å². The van der Waals surface area contributed by atoms with Crippen LogP contribution in [0.15, 0.2) is 47.4 Å². The first kappa shape index (κ1) is 24.2. The molecule has 0 radical (unpaired) electrons. The monoisotopic (exact) mass is 477 g/mol. The number of rotatable bonds is 9. The number of carboxylic acid groups (broad SMARTS) is 1. The molecule has 4 N–H and O–H groups in total. The van der Waals surface area contributed by atoms with Gasteiger partial charge >= 0.3 is 16.1 Å². The Kier molecular flexibility index (Phi) is 7.64. The predicted octanol–water partition coefficient (Wildman–Crippen LogP) is 2.21. The Labute approximate surface area is 192 Å². The van der Waals surface area contributed by atoms with E-state index in [-0.39, 0.29) is 22.4 Å². The molecule has 2 aromatic carbocycles. The topological polar surface area (TPSA) is 152 Å². The average Bonchev–Trinajstić information content (AvgIpc) is 2.76. The Morgan fingerprint density at radius 3 is 2.48 bits per heavy atom. The van der Waals surface area contributed by atoms with Gasteiger partial charge in [-0.15, -0.1) is 0 Å². The quantitative estimate of drug-likeness (QED) is 0.280. The molecule has 0 unspecified atom stereocenters. The van der Waals surface area contributed by atoms with Crippen LogP contribution < -0.4 is 19.4 Å². The molecule has 0 saturated carbocycles. The number of hydrogen-bond donors (Lipinski definition) is 3. The Bertz CT molecular complexity index is 1110. The van der Waals surface area contributed by atoms with E-state index in [4.69, 9.17) is 29.9 Å². The smallest absolute Gasteiger partial charge is 0.341 e. The third kappa shape index (κ3) is 7.01. The number of nitrogens with one attached hydrogen (secondary N) is 1. The number of piperidine rings is 1. The Morgan fingerprint density at radius 2 is 1.82 bits per heavy atom. The van der Waals surface area contributed by atoms with Crippen molar-refractivity contribution in [3.8, 4) is 17.2 Å². The van der Waals surface area contributed by atoms with Crippen LogP contribution in [0.4, 0.5) is 0 Å². The van der Waals surface area contributed by atoms with E-state index < -0.39 is 22.7 Å². The van der Waals surface area contributed by atoms with Gasteiger partial charge in [0.25, 0.3) is 0 Å². The highest BCUT2D eigenvalue weighted by molar-refractivity contribution is 7.87. The Hall–Kier alpha value is -3.47. The number of nitrogens with zero attached hydrogens (tertiary/aromatic N) is 1. The van der Waals surface area contributed by atoms with Crippen molar-refractivity contribution in [2.75, 3.05) is 26.3 Å². The molecule has 11 heteroatoms. The van der Waals surface area contributed by atoms with E-state index in [1.165, 1.54) is 30.3 Å². The van der Waals surface area contributed by atoms with Crippen LogP contribution in [-0.4, -0.2) is 56.7 Å². The summed E-state index contributed by atoms with van der Waals surface area (Å²) in [5.41, 5.74) is 6.29. The van der Waals surface area contributed by atoms with Crippen molar-refractivity contribution in [1.82, 2.24) is 4.90 Å². The van der Waals surface area contributed by atoms with Crippen molar-refractivity contribution in [3.63, 3.8) is 0 Å². The molecule has 0 bridgehead atoms. The fourth-order valence-electron chi connectivity index (χ4n) is 3.44. The number of aliphatic carboxylic acids is 1. The molecule has 1 aliphatic heterocycles. The molecule has 1 heterocycles. The van der Waals surface area contributed by atoms with Gasteiger partial charge in [0.15, 0.2) is 12.6 Å². The van der Waals surface area contributed by atoms with Crippen molar-refractivity contribution >= 4 is 22.0 Å². The molecule has 3 rings (SSSR count). The summed E-state index contributed by atoms with van der Waals surface area (Å²) in [6, 6.07) is 10.3. The second-order valence-corrected chi connectivity index (χ2v) is 9.35. The minimum atomic E-state index is -4.18. The lowest BCUT2D eigenvalue weighted by Crippen LogP contribution is -2.43. The molecule has 0 amide bonds. The zero-order valence-electron chi connectivity index (χ0n) is 18.2. The van der Waals surface area contributed by atoms with Gasteiger partial charge in [0.05, 0.1) is 6.61 Å². The molecule has 1 fully saturated rings. The van der Waals surface area contributed by atoms with Crippen LogP contribution in [0, 0.1) is 18.3 Å².